The maximum absolute atomic E-state index is 11.5. The highest BCUT2D eigenvalue weighted by molar-refractivity contribution is 5.78. The molecule has 4 N–H and O–H groups in total. The number of carbonyl (C=O) groups is 1. The van der Waals surface area contributed by atoms with Crippen molar-refractivity contribution in [1.82, 2.24) is 10.4 Å². The molecule has 19 heavy (non-hydrogen) atoms. The number of amides is 1. The Kier molecular flexibility index (Phi) is 4.17. The molecular formula is C13H14N4O2. The molecule has 6 heteroatoms. The topological polar surface area (TPSA) is 89.3 Å². The van der Waals surface area contributed by atoms with Crippen LogP contribution in [-0.4, -0.2) is 17.5 Å². The molecule has 2 aromatic rings. The molecule has 98 valence electrons. The summed E-state index contributed by atoms with van der Waals surface area (Å²) in [6, 6.07) is 12.2. The number of nitrogens with one attached hydrogen (secondary N) is 2. The number of pyridine rings is 1. The fourth-order valence-corrected chi connectivity index (χ4v) is 1.32. The number of benzene rings is 1. The number of nitrogen functional groups attached to an aromatic ring is 1. The maximum atomic E-state index is 11.5. The van der Waals surface area contributed by atoms with Gasteiger partial charge in [-0.05, 0) is 36.4 Å². The van der Waals surface area contributed by atoms with Crippen LogP contribution in [0.3, 0.4) is 0 Å². The highest BCUT2D eigenvalue weighted by atomic mass is 16.5. The number of carbonyl (C=O) groups excluding carboxylic acids is 1. The van der Waals surface area contributed by atoms with Gasteiger partial charge in [0.05, 0.1) is 0 Å². The van der Waals surface area contributed by atoms with Crippen molar-refractivity contribution in [2.75, 3.05) is 17.8 Å². The number of hydrogen-bond acceptors (Lipinski definition) is 5. The van der Waals surface area contributed by atoms with Gasteiger partial charge >= 0.3 is 0 Å². The normalized spacial score (nSPS) is 9.68. The zero-order chi connectivity index (χ0) is 13.5. The van der Waals surface area contributed by atoms with Crippen molar-refractivity contribution in [1.29, 1.82) is 0 Å². The zero-order valence-electron chi connectivity index (χ0n) is 10.2. The molecule has 6 nitrogen and oxygen atoms in total. The van der Waals surface area contributed by atoms with Gasteiger partial charge in [-0.15, -0.1) is 0 Å². The molecule has 0 spiro atoms. The fourth-order valence-electron chi connectivity index (χ4n) is 1.32. The van der Waals surface area contributed by atoms with Gasteiger partial charge in [0.15, 0.2) is 6.61 Å². The van der Waals surface area contributed by atoms with Crippen LogP contribution in [0.2, 0.25) is 0 Å². The monoisotopic (exact) mass is 258 g/mol. The Morgan fingerprint density at radius 1 is 1.21 bits per heavy atom. The van der Waals surface area contributed by atoms with Crippen LogP contribution in [0, 0.1) is 0 Å². The Bertz CT molecular complexity index is 528. The largest absolute Gasteiger partial charge is 0.484 e. The van der Waals surface area contributed by atoms with E-state index in [1.54, 1.807) is 42.6 Å². The first-order valence-corrected chi connectivity index (χ1v) is 5.68. The molecule has 1 heterocycles. The van der Waals surface area contributed by atoms with Crippen LogP contribution in [0.4, 0.5) is 11.5 Å². The van der Waals surface area contributed by atoms with Crippen LogP contribution in [0.5, 0.6) is 5.75 Å². The summed E-state index contributed by atoms with van der Waals surface area (Å²) in [5, 5.41) is 0. The first-order valence-electron chi connectivity index (χ1n) is 5.68. The standard InChI is InChI=1S/C13H14N4O2/c14-10-4-6-11(7-5-10)19-9-13(18)17-16-12-3-1-2-8-15-12/h1-8H,9,14H2,(H,15,16)(H,17,18). The Morgan fingerprint density at radius 3 is 2.68 bits per heavy atom. The lowest BCUT2D eigenvalue weighted by molar-refractivity contribution is -0.122. The van der Waals surface area contributed by atoms with Crippen LogP contribution in [0.15, 0.2) is 48.7 Å². The molecule has 2 rings (SSSR count). The van der Waals surface area contributed by atoms with Gasteiger partial charge in [0, 0.05) is 11.9 Å². The van der Waals surface area contributed by atoms with E-state index in [-0.39, 0.29) is 12.5 Å². The summed E-state index contributed by atoms with van der Waals surface area (Å²) in [6.45, 7) is -0.0935. The van der Waals surface area contributed by atoms with Gasteiger partial charge in [-0.1, -0.05) is 6.07 Å². The van der Waals surface area contributed by atoms with E-state index >= 15 is 0 Å². The molecule has 0 aliphatic rings. The van der Waals surface area contributed by atoms with Gasteiger partial charge in [-0.25, -0.2) is 4.98 Å². The first kappa shape index (κ1) is 12.7. The summed E-state index contributed by atoms with van der Waals surface area (Å²) in [6.07, 6.45) is 1.62. The van der Waals surface area contributed by atoms with Crippen LogP contribution in [0.1, 0.15) is 0 Å². The quantitative estimate of drug-likeness (QED) is 0.553. The molecule has 1 aromatic carbocycles. The molecule has 1 amide bonds. The van der Waals surface area contributed by atoms with Gasteiger partial charge < -0.3 is 10.5 Å². The first-order chi connectivity index (χ1) is 9.24. The van der Waals surface area contributed by atoms with E-state index < -0.39 is 0 Å². The third-order valence-corrected chi connectivity index (χ3v) is 2.24. The number of aromatic nitrogens is 1. The van der Waals surface area contributed by atoms with Crippen molar-refractivity contribution in [3.63, 3.8) is 0 Å². The van der Waals surface area contributed by atoms with Crippen LogP contribution < -0.4 is 21.3 Å². The number of rotatable bonds is 5. The van der Waals surface area contributed by atoms with Crippen molar-refractivity contribution in [2.45, 2.75) is 0 Å². The molecule has 1 aromatic heterocycles. The van der Waals surface area contributed by atoms with Gasteiger partial charge in [-0.2, -0.15) is 0 Å². The van der Waals surface area contributed by atoms with E-state index in [0.29, 0.717) is 17.3 Å². The van der Waals surface area contributed by atoms with E-state index in [1.807, 2.05) is 6.07 Å². The summed E-state index contributed by atoms with van der Waals surface area (Å²) in [7, 11) is 0. The Hall–Kier alpha value is -2.76. The highest BCUT2D eigenvalue weighted by Crippen LogP contribution is 2.12. The summed E-state index contributed by atoms with van der Waals surface area (Å²) in [5.74, 6) is 0.841. The molecule has 0 aliphatic carbocycles. The minimum atomic E-state index is -0.303. The smallest absolute Gasteiger partial charge is 0.276 e. The lowest BCUT2D eigenvalue weighted by Gasteiger charge is -2.08. The highest BCUT2D eigenvalue weighted by Gasteiger charge is 2.02. The second kappa shape index (κ2) is 6.25. The van der Waals surface area contributed by atoms with Gasteiger partial charge in [0.25, 0.3) is 5.91 Å². The minimum Gasteiger partial charge on any atom is -0.484 e. The van der Waals surface area contributed by atoms with E-state index in [4.69, 9.17) is 10.5 Å². The molecule has 0 unspecified atom stereocenters. The molecule has 0 aliphatic heterocycles. The van der Waals surface area contributed by atoms with Crippen LogP contribution >= 0.6 is 0 Å². The molecule has 0 saturated carbocycles. The molecule has 0 saturated heterocycles. The molecule has 0 fully saturated rings. The van der Waals surface area contributed by atoms with E-state index in [0.717, 1.165) is 0 Å². The Balaban J connectivity index is 1.74. The minimum absolute atomic E-state index is 0.0935. The number of nitrogens with two attached hydrogens (primary N) is 1. The van der Waals surface area contributed by atoms with Gasteiger partial charge in [-0.3, -0.25) is 15.6 Å². The van der Waals surface area contributed by atoms with Crippen molar-refractivity contribution >= 4 is 17.4 Å². The summed E-state index contributed by atoms with van der Waals surface area (Å²) < 4.78 is 5.28. The summed E-state index contributed by atoms with van der Waals surface area (Å²) >= 11 is 0. The number of ether oxygens (including phenoxy) is 1. The summed E-state index contributed by atoms with van der Waals surface area (Å²) in [5.41, 5.74) is 11.3. The second-order valence-electron chi connectivity index (χ2n) is 3.75. The van der Waals surface area contributed by atoms with Gasteiger partial charge in [0.1, 0.15) is 11.6 Å². The average molecular weight is 258 g/mol. The lowest BCUT2D eigenvalue weighted by atomic mass is 10.3. The number of hydrazine groups is 1. The van der Waals surface area contributed by atoms with Gasteiger partial charge in [0.2, 0.25) is 0 Å². The lowest BCUT2D eigenvalue weighted by Crippen LogP contribution is -2.33. The summed E-state index contributed by atoms with van der Waals surface area (Å²) in [4.78, 5) is 15.5. The fraction of sp³-hybridized carbons (Fsp3) is 0.0769. The van der Waals surface area contributed by atoms with Crippen LogP contribution in [0.25, 0.3) is 0 Å². The SMILES string of the molecule is Nc1ccc(OCC(=O)NNc2ccccn2)cc1. The average Bonchev–Trinajstić information content (AvgIpc) is 2.45. The predicted molar refractivity (Wildman–Crippen MR) is 72.4 cm³/mol. The maximum Gasteiger partial charge on any atom is 0.276 e. The number of hydrogen-bond donors (Lipinski definition) is 3. The number of anilines is 2. The third-order valence-electron chi connectivity index (χ3n) is 2.24. The third kappa shape index (κ3) is 4.19. The molecule has 0 radical (unpaired) electrons. The molecule has 0 atom stereocenters. The Morgan fingerprint density at radius 2 is 2.00 bits per heavy atom. The van der Waals surface area contributed by atoms with Crippen molar-refractivity contribution in [3.8, 4) is 5.75 Å². The van der Waals surface area contributed by atoms with Crippen molar-refractivity contribution < 1.29 is 9.53 Å². The Labute approximate surface area is 110 Å². The zero-order valence-corrected chi connectivity index (χ0v) is 10.2. The molecule has 0 bridgehead atoms. The van der Waals surface area contributed by atoms with Crippen LogP contribution in [-0.2, 0) is 4.79 Å². The van der Waals surface area contributed by atoms with E-state index in [1.165, 1.54) is 0 Å². The van der Waals surface area contributed by atoms with E-state index in [9.17, 15) is 4.79 Å². The second-order valence-corrected chi connectivity index (χ2v) is 3.75. The van der Waals surface area contributed by atoms with Crippen molar-refractivity contribution in [3.05, 3.63) is 48.7 Å². The van der Waals surface area contributed by atoms with E-state index in [2.05, 4.69) is 15.8 Å². The van der Waals surface area contributed by atoms with Crippen molar-refractivity contribution in [2.24, 2.45) is 0 Å². The number of nitrogens with zero attached hydrogens (tertiary/aromatic N) is 1. The predicted octanol–water partition coefficient (Wildman–Crippen LogP) is 1.19. The molecular weight excluding hydrogens is 244 g/mol.